The lowest BCUT2D eigenvalue weighted by Gasteiger charge is -2.32. The van der Waals surface area contributed by atoms with E-state index in [0.29, 0.717) is 13.1 Å². The molecule has 1 saturated heterocycles. The number of benzene rings is 1. The zero-order valence-corrected chi connectivity index (χ0v) is 13.6. The molecule has 1 unspecified atom stereocenters. The quantitative estimate of drug-likeness (QED) is 0.724. The van der Waals surface area contributed by atoms with E-state index in [0.717, 1.165) is 31.6 Å². The molecule has 1 aromatic rings. The second kappa shape index (κ2) is 8.64. The maximum Gasteiger partial charge on any atom is 0.238 e. The molecule has 23 heavy (non-hydrogen) atoms. The summed E-state index contributed by atoms with van der Waals surface area (Å²) in [5, 5.41) is 5.93. The van der Waals surface area contributed by atoms with Crippen LogP contribution >= 0.6 is 0 Å². The van der Waals surface area contributed by atoms with Gasteiger partial charge in [0.05, 0.1) is 6.54 Å². The number of para-hydroxylation sites is 1. The summed E-state index contributed by atoms with van der Waals surface area (Å²) in [7, 11) is 0. The van der Waals surface area contributed by atoms with Gasteiger partial charge in [0, 0.05) is 37.3 Å². The summed E-state index contributed by atoms with van der Waals surface area (Å²) in [5.41, 5.74) is 6.32. The predicted octanol–water partition coefficient (Wildman–Crippen LogP) is 0.801. The van der Waals surface area contributed by atoms with E-state index in [1.54, 1.807) is 0 Å². The van der Waals surface area contributed by atoms with Crippen LogP contribution in [0.15, 0.2) is 30.3 Å². The first-order chi connectivity index (χ1) is 11.1. The molecule has 126 valence electrons. The van der Waals surface area contributed by atoms with Crippen molar-refractivity contribution in [1.29, 1.82) is 0 Å². The third-order valence-electron chi connectivity index (χ3n) is 4.16. The van der Waals surface area contributed by atoms with Crippen molar-refractivity contribution in [3.63, 3.8) is 0 Å². The molecule has 0 aromatic heterocycles. The van der Waals surface area contributed by atoms with Gasteiger partial charge in [-0.3, -0.25) is 14.5 Å². The third kappa shape index (κ3) is 5.65. The van der Waals surface area contributed by atoms with E-state index >= 15 is 0 Å². The number of nitrogens with two attached hydrogens (primary N) is 1. The molecule has 0 bridgehead atoms. The smallest absolute Gasteiger partial charge is 0.238 e. The van der Waals surface area contributed by atoms with E-state index in [2.05, 4.69) is 15.5 Å². The van der Waals surface area contributed by atoms with Crippen molar-refractivity contribution >= 4 is 17.5 Å². The van der Waals surface area contributed by atoms with Crippen LogP contribution in [0.5, 0.6) is 0 Å². The van der Waals surface area contributed by atoms with Crippen molar-refractivity contribution in [1.82, 2.24) is 10.2 Å². The van der Waals surface area contributed by atoms with E-state index < -0.39 is 0 Å². The molecule has 0 aliphatic carbocycles. The molecule has 1 fully saturated rings. The molecular weight excluding hydrogens is 292 g/mol. The predicted molar refractivity (Wildman–Crippen MR) is 90.9 cm³/mol. The highest BCUT2D eigenvalue weighted by molar-refractivity contribution is 5.92. The topological polar surface area (TPSA) is 87.5 Å². The minimum absolute atomic E-state index is 0.00422. The van der Waals surface area contributed by atoms with Crippen molar-refractivity contribution in [3.8, 4) is 0 Å². The van der Waals surface area contributed by atoms with Gasteiger partial charge in [0.25, 0.3) is 0 Å². The number of carbonyl (C=O) groups is 2. The second-order valence-corrected chi connectivity index (χ2v) is 6.11. The summed E-state index contributed by atoms with van der Waals surface area (Å²) < 4.78 is 0. The van der Waals surface area contributed by atoms with Gasteiger partial charge in [0.2, 0.25) is 11.8 Å². The number of amides is 2. The molecule has 2 amide bonds. The van der Waals surface area contributed by atoms with E-state index in [1.807, 2.05) is 37.3 Å². The molecule has 0 spiro atoms. The molecule has 0 saturated carbocycles. The van der Waals surface area contributed by atoms with Crippen LogP contribution in [-0.4, -0.2) is 48.9 Å². The fraction of sp³-hybridized carbons (Fsp3) is 0.529. The summed E-state index contributed by atoms with van der Waals surface area (Å²) >= 11 is 0. The van der Waals surface area contributed by atoms with Crippen LogP contribution in [-0.2, 0) is 9.59 Å². The van der Waals surface area contributed by atoms with Crippen molar-refractivity contribution in [2.75, 3.05) is 31.5 Å². The molecule has 1 heterocycles. The van der Waals surface area contributed by atoms with E-state index in [4.69, 9.17) is 5.73 Å². The Bertz CT molecular complexity index is 513. The van der Waals surface area contributed by atoms with Crippen molar-refractivity contribution < 1.29 is 9.59 Å². The first kappa shape index (κ1) is 17.4. The van der Waals surface area contributed by atoms with Crippen LogP contribution < -0.4 is 16.4 Å². The lowest BCUT2D eigenvalue weighted by molar-refractivity contribution is -0.125. The maximum absolute atomic E-state index is 12.0. The maximum atomic E-state index is 12.0. The Morgan fingerprint density at radius 1 is 1.26 bits per heavy atom. The molecule has 4 N–H and O–H groups in total. The Labute approximate surface area is 137 Å². The van der Waals surface area contributed by atoms with Crippen LogP contribution in [0.2, 0.25) is 0 Å². The number of piperidine rings is 1. The number of hydrogen-bond donors (Lipinski definition) is 3. The number of nitrogens with one attached hydrogen (secondary N) is 2. The summed E-state index contributed by atoms with van der Waals surface area (Å²) in [5.74, 6) is -0.132. The number of hydrogen-bond acceptors (Lipinski definition) is 4. The minimum atomic E-state index is -0.148. The summed E-state index contributed by atoms with van der Waals surface area (Å²) in [6, 6.07) is 9.64. The van der Waals surface area contributed by atoms with Gasteiger partial charge in [-0.1, -0.05) is 25.1 Å². The molecule has 1 aromatic carbocycles. The van der Waals surface area contributed by atoms with Gasteiger partial charge >= 0.3 is 0 Å². The SMILES string of the molecule is CC(CN)C(=O)NC1CCN(CC(=O)Nc2ccccc2)CC1. The molecular formula is C17H26N4O2. The highest BCUT2D eigenvalue weighted by atomic mass is 16.2. The van der Waals surface area contributed by atoms with Crippen LogP contribution in [0.1, 0.15) is 19.8 Å². The Balaban J connectivity index is 1.70. The van der Waals surface area contributed by atoms with Gasteiger partial charge < -0.3 is 16.4 Å². The molecule has 6 heteroatoms. The summed E-state index contributed by atoms with van der Waals surface area (Å²) in [6.07, 6.45) is 1.73. The van der Waals surface area contributed by atoms with Crippen LogP contribution in [0.4, 0.5) is 5.69 Å². The lowest BCUT2D eigenvalue weighted by Crippen LogP contribution is -2.48. The molecule has 6 nitrogen and oxygen atoms in total. The number of nitrogens with zero attached hydrogens (tertiary/aromatic N) is 1. The number of carbonyl (C=O) groups excluding carboxylic acids is 2. The van der Waals surface area contributed by atoms with Crippen molar-refractivity contribution in [3.05, 3.63) is 30.3 Å². The summed E-state index contributed by atoms with van der Waals surface area (Å²) in [4.78, 5) is 26.0. The average molecular weight is 318 g/mol. The second-order valence-electron chi connectivity index (χ2n) is 6.11. The lowest BCUT2D eigenvalue weighted by atomic mass is 10.0. The Morgan fingerprint density at radius 2 is 1.91 bits per heavy atom. The highest BCUT2D eigenvalue weighted by Gasteiger charge is 2.23. The van der Waals surface area contributed by atoms with Crippen molar-refractivity contribution in [2.45, 2.75) is 25.8 Å². The fourth-order valence-electron chi connectivity index (χ4n) is 2.61. The number of rotatable bonds is 6. The van der Waals surface area contributed by atoms with Crippen LogP contribution in [0, 0.1) is 5.92 Å². The largest absolute Gasteiger partial charge is 0.353 e. The zero-order valence-electron chi connectivity index (χ0n) is 13.6. The molecule has 1 aliphatic rings. The number of likely N-dealkylation sites (tertiary alicyclic amines) is 1. The van der Waals surface area contributed by atoms with Crippen LogP contribution in [0.25, 0.3) is 0 Å². The van der Waals surface area contributed by atoms with Gasteiger partial charge in [-0.25, -0.2) is 0 Å². The molecule has 0 radical (unpaired) electrons. The van der Waals surface area contributed by atoms with Gasteiger partial charge in [-0.05, 0) is 25.0 Å². The highest BCUT2D eigenvalue weighted by Crippen LogP contribution is 2.11. The van der Waals surface area contributed by atoms with Gasteiger partial charge in [-0.2, -0.15) is 0 Å². The Kier molecular flexibility index (Phi) is 6.55. The van der Waals surface area contributed by atoms with E-state index in [-0.39, 0.29) is 23.8 Å². The number of anilines is 1. The minimum Gasteiger partial charge on any atom is -0.353 e. The van der Waals surface area contributed by atoms with Gasteiger partial charge in [0.1, 0.15) is 0 Å². The molecule has 1 atom stereocenters. The molecule has 2 rings (SSSR count). The Hall–Kier alpha value is -1.92. The van der Waals surface area contributed by atoms with E-state index in [1.165, 1.54) is 0 Å². The monoisotopic (exact) mass is 318 g/mol. The van der Waals surface area contributed by atoms with E-state index in [9.17, 15) is 9.59 Å². The van der Waals surface area contributed by atoms with Crippen molar-refractivity contribution in [2.24, 2.45) is 11.7 Å². The zero-order chi connectivity index (χ0) is 16.7. The first-order valence-corrected chi connectivity index (χ1v) is 8.16. The first-order valence-electron chi connectivity index (χ1n) is 8.16. The van der Waals surface area contributed by atoms with Crippen LogP contribution in [0.3, 0.4) is 0 Å². The fourth-order valence-corrected chi connectivity index (χ4v) is 2.61. The Morgan fingerprint density at radius 3 is 2.52 bits per heavy atom. The normalized spacial score (nSPS) is 17.5. The van der Waals surface area contributed by atoms with Gasteiger partial charge in [-0.15, -0.1) is 0 Å². The molecule has 1 aliphatic heterocycles. The van der Waals surface area contributed by atoms with Gasteiger partial charge in [0.15, 0.2) is 0 Å². The average Bonchev–Trinajstić information content (AvgIpc) is 2.56. The standard InChI is InChI=1S/C17H26N4O2/c1-13(11-18)17(23)20-15-7-9-21(10-8-15)12-16(22)19-14-5-3-2-4-6-14/h2-6,13,15H,7-12,18H2,1H3,(H,19,22)(H,20,23). The summed E-state index contributed by atoms with van der Waals surface area (Å²) in [6.45, 7) is 4.20. The third-order valence-corrected chi connectivity index (χ3v) is 4.16.